The van der Waals surface area contributed by atoms with Crippen LogP contribution in [0.4, 0.5) is 5.82 Å². The van der Waals surface area contributed by atoms with Gasteiger partial charge < -0.3 is 5.32 Å². The maximum absolute atomic E-state index is 11.0. The van der Waals surface area contributed by atoms with Crippen molar-refractivity contribution in [3.63, 3.8) is 0 Å². The van der Waals surface area contributed by atoms with Gasteiger partial charge >= 0.3 is 0 Å². The Hall–Kier alpha value is -1.97. The molecule has 0 saturated heterocycles. The quantitative estimate of drug-likeness (QED) is 0.788. The van der Waals surface area contributed by atoms with E-state index in [0.29, 0.717) is 5.71 Å². The summed E-state index contributed by atoms with van der Waals surface area (Å²) in [5.41, 5.74) is 2.12. The van der Waals surface area contributed by atoms with Crippen LogP contribution >= 0.6 is 0 Å². The fourth-order valence-electron chi connectivity index (χ4n) is 1.25. The van der Waals surface area contributed by atoms with E-state index in [0.717, 1.165) is 17.0 Å². The molecule has 1 aromatic rings. The number of allylic oxidation sites excluding steroid dienone is 1. The van der Waals surface area contributed by atoms with Gasteiger partial charge in [0.1, 0.15) is 5.82 Å². The SMILES string of the molecule is C=C(C)C(=NC(C)=O)c1ccc(NC)nc1. The van der Waals surface area contributed by atoms with Gasteiger partial charge in [0.25, 0.3) is 0 Å². The predicted octanol–water partition coefficient (Wildman–Crippen LogP) is 2.03. The number of hydrogen-bond acceptors (Lipinski definition) is 3. The van der Waals surface area contributed by atoms with Crippen LogP contribution in [0.3, 0.4) is 0 Å². The molecule has 0 atom stereocenters. The maximum atomic E-state index is 11.0. The molecule has 4 heteroatoms. The molecule has 16 heavy (non-hydrogen) atoms. The van der Waals surface area contributed by atoms with Crippen LogP contribution in [-0.2, 0) is 4.79 Å². The third-order valence-corrected chi connectivity index (χ3v) is 1.97. The molecule has 0 aliphatic carbocycles. The molecule has 0 fully saturated rings. The number of aliphatic imine (C=N–C) groups is 1. The van der Waals surface area contributed by atoms with Gasteiger partial charge in [0, 0.05) is 25.7 Å². The number of nitrogens with one attached hydrogen (secondary N) is 1. The zero-order chi connectivity index (χ0) is 12.1. The van der Waals surface area contributed by atoms with Crippen LogP contribution in [0.25, 0.3) is 0 Å². The molecule has 0 unspecified atom stereocenters. The van der Waals surface area contributed by atoms with Crippen LogP contribution < -0.4 is 5.32 Å². The molecule has 0 saturated carbocycles. The number of pyridine rings is 1. The summed E-state index contributed by atoms with van der Waals surface area (Å²) in [6, 6.07) is 3.68. The summed E-state index contributed by atoms with van der Waals surface area (Å²) in [5.74, 6) is 0.531. The highest BCUT2D eigenvalue weighted by Crippen LogP contribution is 2.10. The lowest BCUT2D eigenvalue weighted by Crippen LogP contribution is -2.06. The van der Waals surface area contributed by atoms with E-state index in [1.165, 1.54) is 6.92 Å². The second kappa shape index (κ2) is 5.21. The highest BCUT2D eigenvalue weighted by Gasteiger charge is 2.06. The van der Waals surface area contributed by atoms with E-state index in [1.807, 2.05) is 19.1 Å². The molecule has 1 N–H and O–H groups in total. The first-order valence-electron chi connectivity index (χ1n) is 4.94. The lowest BCUT2D eigenvalue weighted by atomic mass is 10.1. The number of rotatable bonds is 3. The minimum absolute atomic E-state index is 0.240. The van der Waals surface area contributed by atoms with Gasteiger partial charge in [-0.15, -0.1) is 0 Å². The van der Waals surface area contributed by atoms with E-state index in [1.54, 1.807) is 13.2 Å². The average molecular weight is 217 g/mol. The first kappa shape index (κ1) is 12.1. The standard InChI is InChI=1S/C12H15N3O/c1-8(2)12(15-9(3)16)10-5-6-11(13-4)14-7-10/h5-7H,1H2,2-4H3,(H,13,14). The fraction of sp³-hybridized carbons (Fsp3) is 0.250. The van der Waals surface area contributed by atoms with Crippen molar-refractivity contribution in [1.82, 2.24) is 4.98 Å². The highest BCUT2D eigenvalue weighted by atomic mass is 16.1. The van der Waals surface area contributed by atoms with E-state index >= 15 is 0 Å². The molecule has 1 amide bonds. The number of anilines is 1. The Kier molecular flexibility index (Phi) is 3.94. The van der Waals surface area contributed by atoms with Crippen molar-refractivity contribution in [1.29, 1.82) is 0 Å². The third kappa shape index (κ3) is 3.02. The second-order valence-corrected chi connectivity index (χ2v) is 3.44. The predicted molar refractivity (Wildman–Crippen MR) is 65.8 cm³/mol. The third-order valence-electron chi connectivity index (χ3n) is 1.97. The number of hydrogen-bond donors (Lipinski definition) is 1. The van der Waals surface area contributed by atoms with Gasteiger partial charge in [0.15, 0.2) is 0 Å². The first-order valence-corrected chi connectivity index (χ1v) is 4.94. The molecule has 1 heterocycles. The van der Waals surface area contributed by atoms with Crippen LogP contribution in [0.2, 0.25) is 0 Å². The lowest BCUT2D eigenvalue weighted by Gasteiger charge is -2.05. The molecule has 0 aromatic carbocycles. The van der Waals surface area contributed by atoms with Crippen LogP contribution in [0.5, 0.6) is 0 Å². The molecule has 0 aliphatic rings. The summed E-state index contributed by atoms with van der Waals surface area (Å²) in [6.07, 6.45) is 1.67. The Balaban J connectivity index is 3.12. The Morgan fingerprint density at radius 1 is 1.44 bits per heavy atom. The normalized spacial score (nSPS) is 11.1. The Labute approximate surface area is 95.1 Å². The van der Waals surface area contributed by atoms with E-state index < -0.39 is 0 Å². The molecule has 0 radical (unpaired) electrons. The van der Waals surface area contributed by atoms with E-state index in [9.17, 15) is 4.79 Å². The van der Waals surface area contributed by atoms with Gasteiger partial charge in [-0.3, -0.25) is 4.79 Å². The summed E-state index contributed by atoms with van der Waals surface area (Å²) in [6.45, 7) is 7.03. The Morgan fingerprint density at radius 3 is 2.50 bits per heavy atom. The Morgan fingerprint density at radius 2 is 2.12 bits per heavy atom. The van der Waals surface area contributed by atoms with Gasteiger partial charge in [-0.05, 0) is 24.6 Å². The van der Waals surface area contributed by atoms with Gasteiger partial charge in [-0.25, -0.2) is 9.98 Å². The highest BCUT2D eigenvalue weighted by molar-refractivity contribution is 6.15. The van der Waals surface area contributed by atoms with Gasteiger partial charge in [-0.1, -0.05) is 6.58 Å². The smallest absolute Gasteiger partial charge is 0.243 e. The molecule has 0 bridgehead atoms. The van der Waals surface area contributed by atoms with Crippen LogP contribution in [0, 0.1) is 0 Å². The van der Waals surface area contributed by atoms with Gasteiger partial charge in [0.05, 0.1) is 5.71 Å². The average Bonchev–Trinajstić information content (AvgIpc) is 2.25. The summed E-state index contributed by atoms with van der Waals surface area (Å²) in [4.78, 5) is 19.1. The zero-order valence-electron chi connectivity index (χ0n) is 9.74. The molecule has 84 valence electrons. The number of nitrogens with zero attached hydrogens (tertiary/aromatic N) is 2. The molecule has 1 aromatic heterocycles. The van der Waals surface area contributed by atoms with E-state index in [2.05, 4.69) is 21.9 Å². The minimum atomic E-state index is -0.240. The molecule has 1 rings (SSSR count). The van der Waals surface area contributed by atoms with Crippen molar-refractivity contribution >= 4 is 17.4 Å². The summed E-state index contributed by atoms with van der Waals surface area (Å²) in [5, 5.41) is 2.92. The largest absolute Gasteiger partial charge is 0.373 e. The molecular formula is C12H15N3O. The van der Waals surface area contributed by atoms with Crippen LogP contribution in [-0.4, -0.2) is 23.7 Å². The second-order valence-electron chi connectivity index (χ2n) is 3.44. The summed E-state index contributed by atoms with van der Waals surface area (Å²) >= 11 is 0. The molecule has 4 nitrogen and oxygen atoms in total. The topological polar surface area (TPSA) is 54.4 Å². The van der Waals surface area contributed by atoms with Crippen molar-refractivity contribution < 1.29 is 4.79 Å². The van der Waals surface area contributed by atoms with Crippen LogP contribution in [0.15, 0.2) is 35.5 Å². The van der Waals surface area contributed by atoms with Crippen molar-refractivity contribution in [3.05, 3.63) is 36.0 Å². The number of amides is 1. The number of carbonyl (C=O) groups is 1. The van der Waals surface area contributed by atoms with Gasteiger partial charge in [-0.2, -0.15) is 0 Å². The monoisotopic (exact) mass is 217 g/mol. The molecule has 0 spiro atoms. The molecule has 0 aliphatic heterocycles. The Bertz CT molecular complexity index is 432. The first-order chi connectivity index (χ1) is 7.54. The minimum Gasteiger partial charge on any atom is -0.373 e. The number of aromatic nitrogens is 1. The van der Waals surface area contributed by atoms with Gasteiger partial charge in [0.2, 0.25) is 5.91 Å². The van der Waals surface area contributed by atoms with Crippen molar-refractivity contribution in [3.8, 4) is 0 Å². The number of carbonyl (C=O) groups excluding carboxylic acids is 1. The van der Waals surface area contributed by atoms with E-state index in [4.69, 9.17) is 0 Å². The zero-order valence-corrected chi connectivity index (χ0v) is 9.74. The van der Waals surface area contributed by atoms with E-state index in [-0.39, 0.29) is 5.91 Å². The summed E-state index contributed by atoms with van der Waals surface area (Å²) < 4.78 is 0. The van der Waals surface area contributed by atoms with Crippen molar-refractivity contribution in [2.45, 2.75) is 13.8 Å². The van der Waals surface area contributed by atoms with Crippen molar-refractivity contribution in [2.24, 2.45) is 4.99 Å². The lowest BCUT2D eigenvalue weighted by molar-refractivity contribution is -0.115. The molecular weight excluding hydrogens is 202 g/mol. The maximum Gasteiger partial charge on any atom is 0.243 e. The van der Waals surface area contributed by atoms with Crippen molar-refractivity contribution in [2.75, 3.05) is 12.4 Å². The fourth-order valence-corrected chi connectivity index (χ4v) is 1.25. The summed E-state index contributed by atoms with van der Waals surface area (Å²) in [7, 11) is 1.80. The van der Waals surface area contributed by atoms with Crippen LogP contribution in [0.1, 0.15) is 19.4 Å².